The molecule has 0 aliphatic rings. The minimum absolute atomic E-state index is 0.215. The molecule has 27 heavy (non-hydrogen) atoms. The van der Waals surface area contributed by atoms with Crippen LogP contribution in [-0.2, 0) is 0 Å². The second kappa shape index (κ2) is 8.42. The fourth-order valence-corrected chi connectivity index (χ4v) is 2.66. The third kappa shape index (κ3) is 4.48. The van der Waals surface area contributed by atoms with Crippen LogP contribution in [0.4, 0.5) is 17.2 Å². The summed E-state index contributed by atoms with van der Waals surface area (Å²) < 4.78 is 10.6. The van der Waals surface area contributed by atoms with Crippen molar-refractivity contribution in [2.24, 2.45) is 0 Å². The van der Waals surface area contributed by atoms with E-state index in [1.807, 2.05) is 18.2 Å². The molecule has 0 aliphatic heterocycles. The smallest absolute Gasteiger partial charge is 0.256 e. The van der Waals surface area contributed by atoms with Crippen molar-refractivity contribution in [1.82, 2.24) is 4.98 Å². The van der Waals surface area contributed by atoms with Crippen LogP contribution in [0, 0.1) is 0 Å². The van der Waals surface area contributed by atoms with Crippen molar-refractivity contribution >= 4 is 34.7 Å². The summed E-state index contributed by atoms with van der Waals surface area (Å²) in [5.74, 6) is 1.34. The highest BCUT2D eigenvalue weighted by molar-refractivity contribution is 6.32. The number of pyridine rings is 1. The van der Waals surface area contributed by atoms with Crippen LogP contribution in [0.15, 0.2) is 60.8 Å². The molecule has 0 saturated heterocycles. The molecule has 1 amide bonds. The highest BCUT2D eigenvalue weighted by Gasteiger charge is 2.11. The Kier molecular flexibility index (Phi) is 5.78. The molecule has 0 aliphatic carbocycles. The van der Waals surface area contributed by atoms with E-state index in [0.717, 1.165) is 5.69 Å². The van der Waals surface area contributed by atoms with Gasteiger partial charge in [-0.1, -0.05) is 29.8 Å². The van der Waals surface area contributed by atoms with Crippen LogP contribution in [0.1, 0.15) is 10.4 Å². The van der Waals surface area contributed by atoms with Gasteiger partial charge >= 0.3 is 0 Å². The number of halogens is 1. The second-order valence-electron chi connectivity index (χ2n) is 5.56. The van der Waals surface area contributed by atoms with E-state index in [9.17, 15) is 4.79 Å². The van der Waals surface area contributed by atoms with E-state index in [-0.39, 0.29) is 5.91 Å². The molecule has 2 aromatic carbocycles. The topological polar surface area (TPSA) is 72.5 Å². The average molecular weight is 384 g/mol. The summed E-state index contributed by atoms with van der Waals surface area (Å²) in [4.78, 5) is 16.4. The van der Waals surface area contributed by atoms with Crippen LogP contribution in [0.2, 0.25) is 5.02 Å². The summed E-state index contributed by atoms with van der Waals surface area (Å²) in [5.41, 5.74) is 1.97. The highest BCUT2D eigenvalue weighted by Crippen LogP contribution is 2.37. The van der Waals surface area contributed by atoms with E-state index in [0.29, 0.717) is 33.6 Å². The van der Waals surface area contributed by atoms with E-state index in [2.05, 4.69) is 15.6 Å². The summed E-state index contributed by atoms with van der Waals surface area (Å²) in [7, 11) is 3.10. The van der Waals surface area contributed by atoms with Gasteiger partial charge < -0.3 is 20.1 Å². The number of rotatable bonds is 6. The monoisotopic (exact) mass is 383 g/mol. The molecule has 0 fully saturated rings. The lowest BCUT2D eigenvalue weighted by atomic mass is 10.2. The van der Waals surface area contributed by atoms with Crippen LogP contribution in [0.5, 0.6) is 11.5 Å². The van der Waals surface area contributed by atoms with Gasteiger partial charge in [-0.15, -0.1) is 0 Å². The normalized spacial score (nSPS) is 10.2. The Hall–Kier alpha value is -3.25. The first-order valence-corrected chi connectivity index (χ1v) is 8.49. The van der Waals surface area contributed by atoms with Gasteiger partial charge in [0.1, 0.15) is 17.3 Å². The van der Waals surface area contributed by atoms with Crippen LogP contribution in [0.3, 0.4) is 0 Å². The fourth-order valence-electron chi connectivity index (χ4n) is 2.43. The van der Waals surface area contributed by atoms with E-state index in [1.54, 1.807) is 56.8 Å². The van der Waals surface area contributed by atoms with Crippen LogP contribution >= 0.6 is 11.6 Å². The predicted molar refractivity (Wildman–Crippen MR) is 106 cm³/mol. The third-order valence-electron chi connectivity index (χ3n) is 3.79. The van der Waals surface area contributed by atoms with Crippen molar-refractivity contribution < 1.29 is 14.3 Å². The Labute approximate surface area is 162 Å². The minimum atomic E-state index is -0.215. The summed E-state index contributed by atoms with van der Waals surface area (Å²) >= 11 is 6.12. The van der Waals surface area contributed by atoms with Gasteiger partial charge in [0.15, 0.2) is 0 Å². The first kappa shape index (κ1) is 18.5. The molecule has 0 atom stereocenters. The number of anilines is 3. The number of benzene rings is 2. The lowest BCUT2D eigenvalue weighted by Crippen LogP contribution is -2.12. The number of carbonyl (C=O) groups is 1. The number of nitrogens with one attached hydrogen (secondary N) is 2. The lowest BCUT2D eigenvalue weighted by molar-refractivity contribution is 0.102. The maximum Gasteiger partial charge on any atom is 0.256 e. The van der Waals surface area contributed by atoms with Crippen molar-refractivity contribution in [3.05, 3.63) is 71.4 Å². The second-order valence-corrected chi connectivity index (χ2v) is 5.97. The predicted octanol–water partition coefficient (Wildman–Crippen LogP) is 4.75. The van der Waals surface area contributed by atoms with Gasteiger partial charge in [0.25, 0.3) is 5.91 Å². The Morgan fingerprint density at radius 2 is 1.74 bits per heavy atom. The molecule has 2 N–H and O–H groups in total. The molecule has 0 spiro atoms. The molecule has 1 heterocycles. The Bertz CT molecular complexity index is 931. The SMILES string of the molecule is COc1cc(Nc2ccc(NC(=O)c3ccccc3)nc2)c(OC)cc1Cl. The number of methoxy groups -OCH3 is 2. The van der Waals surface area contributed by atoms with Crippen molar-refractivity contribution in [1.29, 1.82) is 0 Å². The summed E-state index contributed by atoms with van der Waals surface area (Å²) in [6, 6.07) is 15.9. The number of ether oxygens (including phenoxy) is 2. The minimum Gasteiger partial charge on any atom is -0.495 e. The van der Waals surface area contributed by atoms with Gasteiger partial charge in [0, 0.05) is 17.7 Å². The Morgan fingerprint density at radius 1 is 1.00 bits per heavy atom. The maximum atomic E-state index is 12.2. The lowest BCUT2D eigenvalue weighted by Gasteiger charge is -2.14. The summed E-state index contributed by atoms with van der Waals surface area (Å²) in [5, 5.41) is 6.41. The van der Waals surface area contributed by atoms with Gasteiger partial charge in [-0.25, -0.2) is 4.98 Å². The van der Waals surface area contributed by atoms with Crippen LogP contribution in [-0.4, -0.2) is 25.1 Å². The maximum absolute atomic E-state index is 12.2. The highest BCUT2D eigenvalue weighted by atomic mass is 35.5. The van der Waals surface area contributed by atoms with Crippen molar-refractivity contribution in [2.45, 2.75) is 0 Å². The number of carbonyl (C=O) groups excluding carboxylic acids is 1. The molecule has 6 nitrogen and oxygen atoms in total. The number of amides is 1. The van der Waals surface area contributed by atoms with Crippen molar-refractivity contribution in [2.75, 3.05) is 24.9 Å². The standard InChI is InChI=1S/C20H18ClN3O3/c1-26-17-11-16(18(27-2)10-15(17)21)23-14-8-9-19(22-12-14)24-20(25)13-6-4-3-5-7-13/h3-12,23H,1-2H3,(H,22,24,25). The van der Waals surface area contributed by atoms with Crippen LogP contribution < -0.4 is 20.1 Å². The first-order chi connectivity index (χ1) is 13.1. The molecule has 7 heteroatoms. The first-order valence-electron chi connectivity index (χ1n) is 8.11. The zero-order chi connectivity index (χ0) is 19.2. The van der Waals surface area contributed by atoms with Gasteiger partial charge in [0.05, 0.1) is 36.8 Å². The molecule has 0 bridgehead atoms. The zero-order valence-corrected chi connectivity index (χ0v) is 15.6. The van der Waals surface area contributed by atoms with Gasteiger partial charge in [-0.3, -0.25) is 4.79 Å². The molecule has 3 rings (SSSR count). The molecule has 0 saturated carbocycles. The quantitative estimate of drug-likeness (QED) is 0.642. The zero-order valence-electron chi connectivity index (χ0n) is 14.8. The van der Waals surface area contributed by atoms with E-state index in [4.69, 9.17) is 21.1 Å². The largest absolute Gasteiger partial charge is 0.495 e. The van der Waals surface area contributed by atoms with Crippen molar-refractivity contribution in [3.8, 4) is 11.5 Å². The molecule has 138 valence electrons. The number of hydrogen-bond donors (Lipinski definition) is 2. The number of hydrogen-bond acceptors (Lipinski definition) is 5. The molecule has 0 radical (unpaired) electrons. The summed E-state index contributed by atoms with van der Waals surface area (Å²) in [6.45, 7) is 0. The number of aromatic nitrogens is 1. The van der Waals surface area contributed by atoms with E-state index in [1.165, 1.54) is 0 Å². The summed E-state index contributed by atoms with van der Waals surface area (Å²) in [6.07, 6.45) is 1.61. The molecular weight excluding hydrogens is 366 g/mol. The Balaban J connectivity index is 1.74. The van der Waals surface area contributed by atoms with Gasteiger partial charge in [-0.2, -0.15) is 0 Å². The van der Waals surface area contributed by atoms with E-state index < -0.39 is 0 Å². The molecule has 0 unspecified atom stereocenters. The molecule has 1 aromatic heterocycles. The molecular formula is C20H18ClN3O3. The van der Waals surface area contributed by atoms with E-state index >= 15 is 0 Å². The van der Waals surface area contributed by atoms with Gasteiger partial charge in [0.2, 0.25) is 0 Å². The fraction of sp³-hybridized carbons (Fsp3) is 0.100. The number of nitrogens with zero attached hydrogens (tertiary/aromatic N) is 1. The Morgan fingerprint density at radius 3 is 2.37 bits per heavy atom. The third-order valence-corrected chi connectivity index (χ3v) is 4.09. The van der Waals surface area contributed by atoms with Crippen molar-refractivity contribution in [3.63, 3.8) is 0 Å². The van der Waals surface area contributed by atoms with Gasteiger partial charge in [-0.05, 0) is 24.3 Å². The van der Waals surface area contributed by atoms with Crippen LogP contribution in [0.25, 0.3) is 0 Å². The average Bonchev–Trinajstić information content (AvgIpc) is 2.71. The molecule has 3 aromatic rings.